The number of hydrogen-bond donors (Lipinski definition) is 4. The molecule has 10 aromatic rings. The lowest BCUT2D eigenvalue weighted by molar-refractivity contribution is 0.0686. The van der Waals surface area contributed by atoms with Crippen LogP contribution in [0.4, 0.5) is 35.1 Å². The van der Waals surface area contributed by atoms with E-state index in [2.05, 4.69) is 40.5 Å². The first kappa shape index (κ1) is 65.4. The maximum Gasteiger partial charge on any atom is 0.335 e. The van der Waals surface area contributed by atoms with Crippen molar-refractivity contribution >= 4 is 69.0 Å². The van der Waals surface area contributed by atoms with Gasteiger partial charge >= 0.3 is 11.9 Å². The smallest absolute Gasteiger partial charge is 0.335 e. The Morgan fingerprint density at radius 2 is 0.936 bits per heavy atom. The summed E-state index contributed by atoms with van der Waals surface area (Å²) in [6, 6.07) is 21.4. The van der Waals surface area contributed by atoms with Crippen molar-refractivity contribution in [2.24, 2.45) is 10.8 Å². The number of ether oxygens (including phenoxy) is 2. The fourth-order valence-corrected chi connectivity index (χ4v) is 10.8. The van der Waals surface area contributed by atoms with Crippen LogP contribution in [0.2, 0.25) is 10.0 Å². The molecular weight excluding hydrogens is 1280 g/mol. The Morgan fingerprint density at radius 3 is 1.28 bits per heavy atom. The van der Waals surface area contributed by atoms with E-state index in [1.807, 2.05) is 0 Å². The van der Waals surface area contributed by atoms with Gasteiger partial charge in [0.05, 0.1) is 68.0 Å². The monoisotopic (exact) mass is 1330 g/mol. The SMILES string of the molecule is CNC(=O)c1cc(Cl)c(COc2cccc(-c3cc(F)c(Cc4nc5ccc(C(=O)O)cc5n4CC4(CF)CC4)c(F)c3F)n2)cn1.CNC(=O)c1cc(Cl)c(COc2cccc(-c3cc(F)c(Cc4nc5ccc(C(=O)O)cc5n4CC4(CF)CC4)c(F)c3F)n2)cn1. The Labute approximate surface area is 538 Å². The van der Waals surface area contributed by atoms with Gasteiger partial charge in [-0.1, -0.05) is 35.3 Å². The van der Waals surface area contributed by atoms with Crippen LogP contribution in [0.3, 0.4) is 0 Å². The van der Waals surface area contributed by atoms with Crippen molar-refractivity contribution < 1.29 is 74.0 Å². The molecule has 4 aromatic carbocycles. The summed E-state index contributed by atoms with van der Waals surface area (Å²) in [5.41, 5.74) is -1.14. The molecule has 484 valence electrons. The van der Waals surface area contributed by atoms with Crippen LogP contribution in [-0.2, 0) is 39.1 Å². The quantitative estimate of drug-likeness (QED) is 0.0365. The summed E-state index contributed by atoms with van der Waals surface area (Å²) >= 11 is 12.5. The van der Waals surface area contributed by atoms with Gasteiger partial charge in [-0.2, -0.15) is 0 Å². The summed E-state index contributed by atoms with van der Waals surface area (Å²) in [5, 5.41) is 24.3. The highest BCUT2D eigenvalue weighted by Gasteiger charge is 2.45. The summed E-state index contributed by atoms with van der Waals surface area (Å²) in [6.07, 6.45) is 4.15. The van der Waals surface area contributed by atoms with Gasteiger partial charge in [-0.3, -0.25) is 28.3 Å². The normalized spacial score (nSPS) is 13.5. The second kappa shape index (κ2) is 26.9. The van der Waals surface area contributed by atoms with Crippen LogP contribution in [0.1, 0.15) is 101 Å². The minimum atomic E-state index is -1.45. The molecule has 0 spiro atoms. The van der Waals surface area contributed by atoms with Crippen LogP contribution in [0.5, 0.6) is 11.8 Å². The summed E-state index contributed by atoms with van der Waals surface area (Å²) in [7, 11) is 2.91. The van der Waals surface area contributed by atoms with E-state index in [1.165, 1.54) is 111 Å². The third-order valence-corrected chi connectivity index (χ3v) is 17.0. The van der Waals surface area contributed by atoms with E-state index in [1.54, 1.807) is 9.13 Å². The Balaban J connectivity index is 0.000000192. The van der Waals surface area contributed by atoms with Gasteiger partial charge in [-0.15, -0.1) is 0 Å². The molecule has 0 aliphatic heterocycles. The number of benzene rings is 4. The number of amides is 2. The summed E-state index contributed by atoms with van der Waals surface area (Å²) < 4.78 is 136. The summed E-state index contributed by atoms with van der Waals surface area (Å²) in [4.78, 5) is 72.1. The molecule has 0 unspecified atom stereocenters. The standard InChI is InChI=1S/2C33H26ClF4N5O4/c2*1-39-31(44)25-12-21(34)18(13-40-25)14-47-28-4-2-3-23(42-28)20-10-22(36)19(29(37)30(20)38)11-27-41-24-6-5-17(32(45)46)9-26(24)43(27)16-33(15-35)7-8-33/h2*2-6,9-10,12-13H,7-8,11,14-16H2,1H3,(H,39,44)(H,45,46). The number of hydrogen-bond acceptors (Lipinski definition) is 12. The van der Waals surface area contributed by atoms with Crippen LogP contribution in [0, 0.1) is 45.7 Å². The molecule has 2 saturated carbocycles. The highest BCUT2D eigenvalue weighted by Crippen LogP contribution is 2.49. The molecule has 12 rings (SSSR count). The number of rotatable bonds is 22. The second-order valence-electron chi connectivity index (χ2n) is 22.7. The van der Waals surface area contributed by atoms with Crippen molar-refractivity contribution in [1.82, 2.24) is 49.7 Å². The maximum absolute atomic E-state index is 15.6. The van der Waals surface area contributed by atoms with E-state index < -0.39 is 118 Å². The summed E-state index contributed by atoms with van der Waals surface area (Å²) in [5.74, 6) is -10.6. The molecule has 0 radical (unpaired) electrons. The predicted molar refractivity (Wildman–Crippen MR) is 327 cm³/mol. The Kier molecular flexibility index (Phi) is 18.7. The molecule has 4 N–H and O–H groups in total. The van der Waals surface area contributed by atoms with Crippen LogP contribution in [0.25, 0.3) is 44.6 Å². The third kappa shape index (κ3) is 13.7. The lowest BCUT2D eigenvalue weighted by Crippen LogP contribution is -2.19. The zero-order valence-electron chi connectivity index (χ0n) is 49.6. The second-order valence-corrected chi connectivity index (χ2v) is 23.5. The van der Waals surface area contributed by atoms with E-state index >= 15 is 26.3 Å². The predicted octanol–water partition coefficient (Wildman–Crippen LogP) is 13.1. The Morgan fingerprint density at radius 1 is 0.543 bits per heavy atom. The number of aromatic carboxylic acids is 2. The van der Waals surface area contributed by atoms with Gasteiger partial charge in [0, 0.05) is 109 Å². The van der Waals surface area contributed by atoms with Gasteiger partial charge in [0.2, 0.25) is 11.8 Å². The van der Waals surface area contributed by atoms with Crippen molar-refractivity contribution in [2.75, 3.05) is 27.4 Å². The first-order valence-electron chi connectivity index (χ1n) is 28.9. The molecule has 6 heterocycles. The molecule has 2 aliphatic rings. The number of nitrogens with zero attached hydrogens (tertiary/aromatic N) is 8. The molecule has 6 aromatic heterocycles. The van der Waals surface area contributed by atoms with E-state index in [0.717, 1.165) is 12.1 Å². The number of carboxylic acids is 2. The third-order valence-electron chi connectivity index (χ3n) is 16.3. The van der Waals surface area contributed by atoms with Gasteiger partial charge in [0.1, 0.15) is 47.9 Å². The van der Waals surface area contributed by atoms with Crippen LogP contribution in [-0.4, -0.2) is 100 Å². The molecule has 2 fully saturated rings. The first-order valence-corrected chi connectivity index (χ1v) is 29.6. The van der Waals surface area contributed by atoms with Crippen molar-refractivity contribution in [3.63, 3.8) is 0 Å². The van der Waals surface area contributed by atoms with Gasteiger partial charge in [0.15, 0.2) is 23.3 Å². The molecular formula is C66H52Cl2F8N10O8. The number of aromatic nitrogens is 8. The number of pyridine rings is 4. The number of imidazole rings is 2. The van der Waals surface area contributed by atoms with Crippen molar-refractivity contribution in [3.05, 3.63) is 211 Å². The van der Waals surface area contributed by atoms with Crippen molar-refractivity contribution in [3.8, 4) is 34.3 Å². The van der Waals surface area contributed by atoms with E-state index in [4.69, 9.17) is 32.7 Å². The van der Waals surface area contributed by atoms with E-state index in [0.29, 0.717) is 58.9 Å². The molecule has 2 amide bonds. The van der Waals surface area contributed by atoms with Crippen LogP contribution in [0.15, 0.2) is 109 Å². The van der Waals surface area contributed by atoms with Gasteiger partial charge in [-0.05, 0) is 98.5 Å². The fourth-order valence-electron chi connectivity index (χ4n) is 10.4. The zero-order chi connectivity index (χ0) is 66.9. The molecule has 94 heavy (non-hydrogen) atoms. The van der Waals surface area contributed by atoms with Crippen molar-refractivity contribution in [1.29, 1.82) is 0 Å². The number of fused-ring (bicyclic) bond motifs is 2. The van der Waals surface area contributed by atoms with Crippen molar-refractivity contribution in [2.45, 2.75) is 64.8 Å². The van der Waals surface area contributed by atoms with Crippen LogP contribution < -0.4 is 20.1 Å². The highest BCUT2D eigenvalue weighted by molar-refractivity contribution is 6.32. The molecule has 28 heteroatoms. The highest BCUT2D eigenvalue weighted by atomic mass is 35.5. The average molecular weight is 1340 g/mol. The van der Waals surface area contributed by atoms with Gasteiger partial charge < -0.3 is 39.5 Å². The molecule has 2 aliphatic carbocycles. The van der Waals surface area contributed by atoms with E-state index in [9.17, 15) is 38.2 Å². The topological polar surface area (TPSA) is 238 Å². The number of alkyl halides is 2. The fraction of sp³-hybridized carbons (Fsp3) is 0.242. The molecule has 0 bridgehead atoms. The zero-order valence-corrected chi connectivity index (χ0v) is 51.1. The average Bonchev–Trinajstić information content (AvgIpc) is 1.56. The Bertz CT molecular complexity index is 4390. The number of carbonyl (C=O) groups is 4. The largest absolute Gasteiger partial charge is 0.478 e. The number of halogens is 10. The lowest BCUT2D eigenvalue weighted by Gasteiger charge is -2.16. The number of carbonyl (C=O) groups excluding carboxylic acids is 2. The van der Waals surface area contributed by atoms with Gasteiger partial charge in [-0.25, -0.2) is 55.9 Å². The first-order chi connectivity index (χ1) is 45.0. The minimum Gasteiger partial charge on any atom is -0.478 e. The number of carboxylic acid groups (broad SMARTS) is 2. The Hall–Kier alpha value is -10.1. The van der Waals surface area contributed by atoms with E-state index in [-0.39, 0.29) is 93.7 Å². The lowest BCUT2D eigenvalue weighted by atomic mass is 10.0. The summed E-state index contributed by atoms with van der Waals surface area (Å²) in [6.45, 7) is -1.23. The number of nitrogens with one attached hydrogen (secondary N) is 2. The van der Waals surface area contributed by atoms with Gasteiger partial charge in [0.25, 0.3) is 11.8 Å². The molecule has 0 atom stereocenters. The minimum absolute atomic E-state index is 0.00885. The molecule has 0 saturated heterocycles. The van der Waals surface area contributed by atoms with Crippen LogP contribution >= 0.6 is 23.2 Å². The molecule has 18 nitrogen and oxygen atoms in total. The maximum atomic E-state index is 15.6.